The third-order valence-corrected chi connectivity index (χ3v) is 4.33. The van der Waals surface area contributed by atoms with E-state index in [-0.39, 0.29) is 11.7 Å². The lowest BCUT2D eigenvalue weighted by atomic mass is 10.1. The van der Waals surface area contributed by atoms with Crippen molar-refractivity contribution in [2.24, 2.45) is 0 Å². The minimum Gasteiger partial charge on any atom is -0.397 e. The highest BCUT2D eigenvalue weighted by Gasteiger charge is 2.22. The van der Waals surface area contributed by atoms with Crippen LogP contribution in [0.25, 0.3) is 0 Å². The lowest BCUT2D eigenvalue weighted by Gasteiger charge is -2.36. The van der Waals surface area contributed by atoms with E-state index in [2.05, 4.69) is 10.2 Å². The Morgan fingerprint density at radius 3 is 2.38 bits per heavy atom. The summed E-state index contributed by atoms with van der Waals surface area (Å²) in [6.07, 6.45) is 0. The summed E-state index contributed by atoms with van der Waals surface area (Å²) in [6.45, 7) is 2.72. The molecule has 1 saturated heterocycles. The van der Waals surface area contributed by atoms with Crippen LogP contribution in [-0.4, -0.2) is 44.0 Å². The van der Waals surface area contributed by atoms with Gasteiger partial charge in [0.05, 0.1) is 11.4 Å². The first-order valence-electron chi connectivity index (χ1n) is 7.95. The van der Waals surface area contributed by atoms with Crippen molar-refractivity contribution < 1.29 is 9.18 Å². The highest BCUT2D eigenvalue weighted by Crippen LogP contribution is 2.22. The van der Waals surface area contributed by atoms with E-state index in [1.165, 1.54) is 12.1 Å². The molecule has 2 aromatic rings. The van der Waals surface area contributed by atoms with Gasteiger partial charge in [0.15, 0.2) is 0 Å². The lowest BCUT2D eigenvalue weighted by Crippen LogP contribution is -2.48. The molecule has 0 aliphatic carbocycles. The molecule has 3 rings (SSSR count). The van der Waals surface area contributed by atoms with Gasteiger partial charge in [-0.1, -0.05) is 0 Å². The molecule has 0 unspecified atom stereocenters. The second-order valence-electron chi connectivity index (χ2n) is 5.81. The van der Waals surface area contributed by atoms with Crippen LogP contribution in [0.5, 0.6) is 0 Å². The molecule has 6 heteroatoms. The van der Waals surface area contributed by atoms with Crippen molar-refractivity contribution >= 4 is 23.0 Å². The van der Waals surface area contributed by atoms with Crippen molar-refractivity contribution in [1.29, 1.82) is 0 Å². The summed E-state index contributed by atoms with van der Waals surface area (Å²) in [7, 11) is 1.78. The van der Waals surface area contributed by atoms with Gasteiger partial charge >= 0.3 is 0 Å². The van der Waals surface area contributed by atoms with Gasteiger partial charge < -0.3 is 20.9 Å². The van der Waals surface area contributed by atoms with Gasteiger partial charge in [-0.3, -0.25) is 4.79 Å². The highest BCUT2D eigenvalue weighted by molar-refractivity contribution is 5.96. The monoisotopic (exact) mass is 328 g/mol. The highest BCUT2D eigenvalue weighted by atomic mass is 19.1. The second kappa shape index (κ2) is 6.78. The van der Waals surface area contributed by atoms with Crippen molar-refractivity contribution in [1.82, 2.24) is 4.90 Å². The number of nitrogens with one attached hydrogen (secondary N) is 1. The molecule has 126 valence electrons. The summed E-state index contributed by atoms with van der Waals surface area (Å²) in [5.41, 5.74) is 8.84. The summed E-state index contributed by atoms with van der Waals surface area (Å²) in [4.78, 5) is 16.7. The number of carbonyl (C=O) groups is 1. The molecule has 1 aliphatic heterocycles. The maximum Gasteiger partial charge on any atom is 0.254 e. The van der Waals surface area contributed by atoms with Gasteiger partial charge in [-0.15, -0.1) is 0 Å². The van der Waals surface area contributed by atoms with E-state index in [9.17, 15) is 9.18 Å². The smallest absolute Gasteiger partial charge is 0.254 e. The van der Waals surface area contributed by atoms with Crippen LogP contribution in [0.2, 0.25) is 0 Å². The minimum absolute atomic E-state index is 0.00487. The molecule has 0 radical (unpaired) electrons. The van der Waals surface area contributed by atoms with Crippen molar-refractivity contribution in [3.05, 3.63) is 53.8 Å². The average Bonchev–Trinajstić information content (AvgIpc) is 2.62. The van der Waals surface area contributed by atoms with E-state index in [4.69, 9.17) is 5.73 Å². The molecule has 1 fully saturated rings. The standard InChI is InChI=1S/C18H21FN4O/c1-21-17-12-13(2-7-16(17)20)18(24)23-10-8-22(9-11-23)15-5-3-14(19)4-6-15/h2-7,12,21H,8-11,20H2,1H3. The predicted octanol–water partition coefficient (Wildman–Crippen LogP) is 2.41. The number of amides is 1. The molecule has 3 N–H and O–H groups in total. The van der Waals surface area contributed by atoms with Crippen LogP contribution in [-0.2, 0) is 0 Å². The van der Waals surface area contributed by atoms with Gasteiger partial charge in [0.2, 0.25) is 0 Å². The van der Waals surface area contributed by atoms with E-state index < -0.39 is 0 Å². The minimum atomic E-state index is -0.240. The first-order valence-corrected chi connectivity index (χ1v) is 7.95. The third kappa shape index (κ3) is 3.27. The number of piperazine rings is 1. The van der Waals surface area contributed by atoms with Crippen LogP contribution < -0.4 is 16.0 Å². The number of hydrogen-bond donors (Lipinski definition) is 2. The molecule has 1 amide bonds. The van der Waals surface area contributed by atoms with Gasteiger partial charge in [-0.25, -0.2) is 4.39 Å². The van der Waals surface area contributed by atoms with Crippen LogP contribution in [0.15, 0.2) is 42.5 Å². The van der Waals surface area contributed by atoms with E-state index in [0.717, 1.165) is 24.5 Å². The molecule has 0 bridgehead atoms. The molecule has 24 heavy (non-hydrogen) atoms. The normalized spacial score (nSPS) is 14.6. The Morgan fingerprint density at radius 2 is 1.75 bits per heavy atom. The number of carbonyl (C=O) groups excluding carboxylic acids is 1. The average molecular weight is 328 g/mol. The van der Waals surface area contributed by atoms with E-state index in [0.29, 0.717) is 24.3 Å². The van der Waals surface area contributed by atoms with Crippen molar-refractivity contribution in [2.45, 2.75) is 0 Å². The topological polar surface area (TPSA) is 61.6 Å². The molecule has 1 aliphatic rings. The van der Waals surface area contributed by atoms with Crippen molar-refractivity contribution in [3.8, 4) is 0 Å². The zero-order chi connectivity index (χ0) is 17.1. The zero-order valence-electron chi connectivity index (χ0n) is 13.6. The molecular formula is C18H21FN4O. The van der Waals surface area contributed by atoms with E-state index in [1.807, 2.05) is 4.90 Å². The second-order valence-corrected chi connectivity index (χ2v) is 5.81. The maximum atomic E-state index is 13.0. The van der Waals surface area contributed by atoms with Crippen LogP contribution in [0.4, 0.5) is 21.5 Å². The molecule has 0 spiro atoms. The first kappa shape index (κ1) is 16.1. The number of anilines is 3. The Hall–Kier alpha value is -2.76. The maximum absolute atomic E-state index is 13.0. The van der Waals surface area contributed by atoms with E-state index in [1.54, 1.807) is 37.4 Å². The van der Waals surface area contributed by atoms with E-state index >= 15 is 0 Å². The van der Waals surface area contributed by atoms with Gasteiger partial charge in [-0.2, -0.15) is 0 Å². The van der Waals surface area contributed by atoms with Crippen LogP contribution in [0.1, 0.15) is 10.4 Å². The number of nitrogens with two attached hydrogens (primary N) is 1. The summed E-state index contributed by atoms with van der Waals surface area (Å²) in [5, 5.41) is 2.99. The van der Waals surface area contributed by atoms with Crippen molar-refractivity contribution in [3.63, 3.8) is 0 Å². The van der Waals surface area contributed by atoms with Gasteiger partial charge in [0.1, 0.15) is 5.82 Å². The lowest BCUT2D eigenvalue weighted by molar-refractivity contribution is 0.0747. The predicted molar refractivity (Wildman–Crippen MR) is 94.9 cm³/mol. The number of nitrogen functional groups attached to an aromatic ring is 1. The summed E-state index contributed by atoms with van der Waals surface area (Å²) < 4.78 is 13.0. The van der Waals surface area contributed by atoms with Crippen LogP contribution in [0, 0.1) is 5.82 Å². The molecule has 0 saturated carbocycles. The molecule has 5 nitrogen and oxygen atoms in total. The summed E-state index contributed by atoms with van der Waals surface area (Å²) in [6, 6.07) is 11.7. The summed E-state index contributed by atoms with van der Waals surface area (Å²) in [5.74, 6) is -0.235. The Balaban J connectivity index is 1.66. The largest absolute Gasteiger partial charge is 0.397 e. The van der Waals surface area contributed by atoms with Gasteiger partial charge in [0, 0.05) is 44.5 Å². The SMILES string of the molecule is CNc1cc(C(=O)N2CCN(c3ccc(F)cc3)CC2)ccc1N. The third-order valence-electron chi connectivity index (χ3n) is 4.33. The fourth-order valence-electron chi connectivity index (χ4n) is 2.91. The quantitative estimate of drug-likeness (QED) is 0.850. The molecule has 0 aromatic heterocycles. The molecule has 1 heterocycles. The Bertz CT molecular complexity index is 724. The molecule has 0 atom stereocenters. The number of halogens is 1. The zero-order valence-corrected chi connectivity index (χ0v) is 13.6. The number of hydrogen-bond acceptors (Lipinski definition) is 4. The van der Waals surface area contributed by atoms with Gasteiger partial charge in [-0.05, 0) is 42.5 Å². The van der Waals surface area contributed by atoms with Crippen LogP contribution in [0.3, 0.4) is 0 Å². The summed E-state index contributed by atoms with van der Waals surface area (Å²) >= 11 is 0. The molecule has 2 aromatic carbocycles. The Morgan fingerprint density at radius 1 is 1.08 bits per heavy atom. The number of rotatable bonds is 3. The Labute approximate surface area is 140 Å². The van der Waals surface area contributed by atoms with Crippen LogP contribution >= 0.6 is 0 Å². The fraction of sp³-hybridized carbons (Fsp3) is 0.278. The van der Waals surface area contributed by atoms with Gasteiger partial charge in [0.25, 0.3) is 5.91 Å². The number of benzene rings is 2. The van der Waals surface area contributed by atoms with Crippen molar-refractivity contribution in [2.75, 3.05) is 49.2 Å². The Kier molecular flexibility index (Phi) is 4.55. The first-order chi connectivity index (χ1) is 11.6. The molecular weight excluding hydrogens is 307 g/mol. The fourth-order valence-corrected chi connectivity index (χ4v) is 2.91. The number of nitrogens with zero attached hydrogens (tertiary/aromatic N) is 2.